The molecular weight excluding hydrogens is 496 g/mol. The second kappa shape index (κ2) is 14.0. The Morgan fingerprint density at radius 1 is 1.15 bits per heavy atom. The van der Waals surface area contributed by atoms with E-state index in [1.807, 2.05) is 4.90 Å². The molecule has 34 heavy (non-hydrogen) atoms. The number of carbonyl (C=O) groups excluding carboxylic acids is 2. The SMILES string of the molecule is NC(=O)c1c(OCc2cc(F)c(Cl)cc2F)nsc1NC(=O)NCCCCN(CCO)CCO. The number of ether oxygens (including phenoxy) is 1. The number of nitrogens with zero attached hydrogens (tertiary/aromatic N) is 2. The minimum absolute atomic E-state index is 0.00503. The van der Waals surface area contributed by atoms with Gasteiger partial charge in [-0.15, -0.1) is 0 Å². The smallest absolute Gasteiger partial charge is 0.319 e. The lowest BCUT2D eigenvalue weighted by molar-refractivity contribution is 0.0996. The zero-order valence-corrected chi connectivity index (χ0v) is 19.7. The van der Waals surface area contributed by atoms with Crippen molar-refractivity contribution < 1.29 is 33.3 Å². The number of anilines is 1. The van der Waals surface area contributed by atoms with Gasteiger partial charge in [-0.1, -0.05) is 11.6 Å². The highest BCUT2D eigenvalue weighted by Gasteiger charge is 2.22. The number of amides is 3. The molecule has 14 heteroatoms. The third kappa shape index (κ3) is 8.33. The summed E-state index contributed by atoms with van der Waals surface area (Å²) in [6, 6.07) is 1.08. The fraction of sp³-hybridized carbons (Fsp3) is 0.450. The Hall–Kier alpha value is -2.58. The van der Waals surface area contributed by atoms with E-state index in [2.05, 4.69) is 15.0 Å². The average molecular weight is 522 g/mol. The number of rotatable bonds is 14. The summed E-state index contributed by atoms with van der Waals surface area (Å²) >= 11 is 6.27. The molecule has 0 bridgehead atoms. The molecule has 0 spiro atoms. The van der Waals surface area contributed by atoms with Crippen molar-refractivity contribution in [3.8, 4) is 5.88 Å². The normalized spacial score (nSPS) is 11.0. The van der Waals surface area contributed by atoms with Crippen LogP contribution in [-0.4, -0.2) is 70.8 Å². The van der Waals surface area contributed by atoms with Crippen molar-refractivity contribution in [2.24, 2.45) is 5.73 Å². The highest BCUT2D eigenvalue weighted by molar-refractivity contribution is 7.11. The van der Waals surface area contributed by atoms with Crippen LogP contribution in [0.4, 0.5) is 18.6 Å². The summed E-state index contributed by atoms with van der Waals surface area (Å²) in [7, 11) is 0. The number of urea groups is 1. The molecule has 2 aromatic rings. The predicted molar refractivity (Wildman–Crippen MR) is 123 cm³/mol. The Morgan fingerprint density at radius 3 is 2.50 bits per heavy atom. The van der Waals surface area contributed by atoms with E-state index >= 15 is 0 Å². The van der Waals surface area contributed by atoms with Crippen LogP contribution < -0.4 is 21.1 Å². The molecule has 6 N–H and O–H groups in total. The van der Waals surface area contributed by atoms with Gasteiger partial charge in [-0.2, -0.15) is 4.37 Å². The van der Waals surface area contributed by atoms with E-state index in [4.69, 9.17) is 32.3 Å². The van der Waals surface area contributed by atoms with Gasteiger partial charge in [0, 0.05) is 25.2 Å². The Labute approximate surface area is 203 Å². The first-order valence-corrected chi connectivity index (χ1v) is 11.5. The van der Waals surface area contributed by atoms with Gasteiger partial charge < -0.3 is 26.0 Å². The summed E-state index contributed by atoms with van der Waals surface area (Å²) in [6.07, 6.45) is 1.37. The van der Waals surface area contributed by atoms with Gasteiger partial charge in [0.15, 0.2) is 0 Å². The van der Waals surface area contributed by atoms with Crippen LogP contribution in [-0.2, 0) is 6.61 Å². The summed E-state index contributed by atoms with van der Waals surface area (Å²) in [6.45, 7) is 1.46. The standard InChI is InChI=1S/C20H26ClF2N5O5S/c21-13-10-14(22)12(9-15(13)23)11-33-18-16(17(24)31)19(34-27-18)26-20(32)25-3-1-2-4-28(5-7-29)6-8-30/h9-10,29-30H,1-8,11H2,(H2,24,31)(H2,25,26,32). The van der Waals surface area contributed by atoms with Gasteiger partial charge in [-0.25, -0.2) is 13.6 Å². The third-order valence-corrected chi connectivity index (χ3v) is 5.64. The lowest BCUT2D eigenvalue weighted by Crippen LogP contribution is -2.32. The summed E-state index contributed by atoms with van der Waals surface area (Å²) in [5.74, 6) is -2.77. The van der Waals surface area contributed by atoms with Gasteiger partial charge in [-0.05, 0) is 43.1 Å². The molecule has 188 valence electrons. The zero-order valence-electron chi connectivity index (χ0n) is 18.2. The Morgan fingerprint density at radius 2 is 1.85 bits per heavy atom. The molecule has 0 aliphatic carbocycles. The van der Waals surface area contributed by atoms with Crippen molar-refractivity contribution in [3.63, 3.8) is 0 Å². The highest BCUT2D eigenvalue weighted by Crippen LogP contribution is 2.31. The van der Waals surface area contributed by atoms with E-state index in [-0.39, 0.29) is 40.2 Å². The minimum atomic E-state index is -0.922. The minimum Gasteiger partial charge on any atom is -0.471 e. The van der Waals surface area contributed by atoms with Crippen molar-refractivity contribution >= 4 is 40.1 Å². The number of aliphatic hydroxyl groups excluding tert-OH is 2. The Bertz CT molecular complexity index is 975. The highest BCUT2D eigenvalue weighted by atomic mass is 35.5. The average Bonchev–Trinajstić information content (AvgIpc) is 3.17. The molecule has 2 rings (SSSR count). The van der Waals surface area contributed by atoms with E-state index < -0.39 is 30.2 Å². The van der Waals surface area contributed by atoms with E-state index in [0.29, 0.717) is 32.6 Å². The maximum absolute atomic E-state index is 13.9. The fourth-order valence-electron chi connectivity index (χ4n) is 2.93. The molecule has 0 aliphatic heterocycles. The van der Waals surface area contributed by atoms with Gasteiger partial charge in [0.25, 0.3) is 5.91 Å². The largest absolute Gasteiger partial charge is 0.471 e. The molecule has 1 aromatic heterocycles. The third-order valence-electron chi connectivity index (χ3n) is 4.61. The van der Waals surface area contributed by atoms with Crippen LogP contribution in [0, 0.1) is 11.6 Å². The summed E-state index contributed by atoms with van der Waals surface area (Å²) in [5.41, 5.74) is 5.04. The Kier molecular flexibility index (Phi) is 11.4. The number of carbonyl (C=O) groups is 2. The van der Waals surface area contributed by atoms with Crippen LogP contribution in [0.3, 0.4) is 0 Å². The first-order chi connectivity index (χ1) is 16.3. The van der Waals surface area contributed by atoms with Crippen LogP contribution in [0.25, 0.3) is 0 Å². The predicted octanol–water partition coefficient (Wildman–Crippen LogP) is 1.94. The number of aromatic nitrogens is 1. The molecule has 0 aliphatic rings. The quantitative estimate of drug-likeness (QED) is 0.188. The first kappa shape index (κ1) is 27.7. The number of hydrogen-bond acceptors (Lipinski definition) is 8. The number of aliphatic hydroxyl groups is 2. The summed E-state index contributed by atoms with van der Waals surface area (Å²) in [4.78, 5) is 26.0. The molecule has 1 heterocycles. The van der Waals surface area contributed by atoms with Crippen LogP contribution in [0.1, 0.15) is 28.8 Å². The number of unbranched alkanes of at least 4 members (excludes halogenated alkanes) is 1. The van der Waals surface area contributed by atoms with Crippen LogP contribution in [0.5, 0.6) is 5.88 Å². The molecule has 10 nitrogen and oxygen atoms in total. The fourth-order valence-corrected chi connectivity index (χ4v) is 3.81. The molecule has 0 radical (unpaired) electrons. The van der Waals surface area contributed by atoms with Crippen molar-refractivity contribution in [1.29, 1.82) is 0 Å². The maximum atomic E-state index is 13.9. The molecule has 0 fully saturated rings. The molecule has 0 saturated carbocycles. The van der Waals surface area contributed by atoms with Crippen molar-refractivity contribution in [3.05, 3.63) is 39.9 Å². The van der Waals surface area contributed by atoms with Crippen molar-refractivity contribution in [1.82, 2.24) is 14.6 Å². The Balaban J connectivity index is 1.88. The van der Waals surface area contributed by atoms with Crippen LogP contribution in [0.2, 0.25) is 5.02 Å². The lowest BCUT2D eigenvalue weighted by atomic mass is 10.2. The van der Waals surface area contributed by atoms with Crippen molar-refractivity contribution in [2.45, 2.75) is 19.4 Å². The molecule has 0 saturated heterocycles. The number of benzene rings is 1. The van der Waals surface area contributed by atoms with Gasteiger partial charge >= 0.3 is 6.03 Å². The molecule has 0 atom stereocenters. The number of halogens is 3. The van der Waals surface area contributed by atoms with Crippen LogP contribution in [0.15, 0.2) is 12.1 Å². The number of hydrogen-bond donors (Lipinski definition) is 5. The molecule has 1 aromatic carbocycles. The number of primary amides is 1. The maximum Gasteiger partial charge on any atom is 0.319 e. The topological polar surface area (TPSA) is 150 Å². The number of nitrogens with two attached hydrogens (primary N) is 1. The van der Waals surface area contributed by atoms with E-state index in [0.717, 1.165) is 30.1 Å². The molecule has 3 amide bonds. The second-order valence-electron chi connectivity index (χ2n) is 7.08. The second-order valence-corrected chi connectivity index (χ2v) is 8.26. The lowest BCUT2D eigenvalue weighted by Gasteiger charge is -2.19. The van der Waals surface area contributed by atoms with E-state index in [1.54, 1.807) is 0 Å². The van der Waals surface area contributed by atoms with E-state index in [9.17, 15) is 18.4 Å². The van der Waals surface area contributed by atoms with Gasteiger partial charge in [0.05, 0.1) is 18.2 Å². The summed E-state index contributed by atoms with van der Waals surface area (Å²) < 4.78 is 36.8. The number of nitrogens with one attached hydrogen (secondary N) is 2. The van der Waals surface area contributed by atoms with Gasteiger partial charge in [-0.3, -0.25) is 15.0 Å². The van der Waals surface area contributed by atoms with Gasteiger partial charge in [0.1, 0.15) is 28.8 Å². The first-order valence-electron chi connectivity index (χ1n) is 10.3. The zero-order chi connectivity index (χ0) is 25.1. The summed E-state index contributed by atoms with van der Waals surface area (Å²) in [5, 5.41) is 22.8. The van der Waals surface area contributed by atoms with Crippen LogP contribution >= 0.6 is 23.1 Å². The monoisotopic (exact) mass is 521 g/mol. The van der Waals surface area contributed by atoms with Crippen molar-refractivity contribution in [2.75, 3.05) is 44.7 Å². The van der Waals surface area contributed by atoms with Gasteiger partial charge in [0.2, 0.25) is 5.88 Å². The van der Waals surface area contributed by atoms with E-state index in [1.165, 1.54) is 0 Å². The molecule has 0 unspecified atom stereocenters. The molecular formula is C20H26ClF2N5O5S.